The lowest BCUT2D eigenvalue weighted by atomic mass is 9.95. The molecule has 0 heterocycles. The van der Waals surface area contributed by atoms with Gasteiger partial charge < -0.3 is 18.7 Å². The normalized spacial score (nSPS) is 15.5. The molecule has 0 bridgehead atoms. The number of hydrogen-bond donors (Lipinski definition) is 0. The van der Waals surface area contributed by atoms with Gasteiger partial charge in [0, 0.05) is 13.3 Å². The van der Waals surface area contributed by atoms with Crippen LogP contribution in [-0.2, 0) is 30.1 Å². The van der Waals surface area contributed by atoms with E-state index < -0.39 is 8.32 Å². The van der Waals surface area contributed by atoms with Gasteiger partial charge in [-0.3, -0.25) is 4.79 Å². The van der Waals surface area contributed by atoms with Crippen molar-refractivity contribution in [3.8, 4) is 0 Å². The highest BCUT2D eigenvalue weighted by molar-refractivity contribution is 6.74. The topological polar surface area (TPSA) is 61.8 Å². The van der Waals surface area contributed by atoms with Gasteiger partial charge in [-0.1, -0.05) is 64.1 Å². The van der Waals surface area contributed by atoms with Crippen LogP contribution in [-0.4, -0.2) is 39.4 Å². The Morgan fingerprint density at radius 2 is 1.81 bits per heavy atom. The monoisotopic (exact) mass is 448 g/mol. The van der Waals surface area contributed by atoms with Crippen molar-refractivity contribution in [1.29, 1.82) is 0 Å². The van der Waals surface area contributed by atoms with Crippen molar-refractivity contribution in [2.75, 3.05) is 6.61 Å². The second-order valence-corrected chi connectivity index (χ2v) is 14.3. The molecule has 31 heavy (non-hydrogen) atoms. The standard InChI is InChI=1S/C25H40O5Si/c1-20(13-11-17-26)24(30-31(6,7)25(3,4)5)23(16-12-18-28-21(2)27)29-19-22-14-9-8-10-15-22/h8-10,12,14-17,20,23-24H,11,13,18-19H2,1-7H3/b16-12+/t20-,23-,24-/m1/s1. The van der Waals surface area contributed by atoms with Crippen molar-refractivity contribution in [1.82, 2.24) is 0 Å². The Kier molecular flexibility index (Phi) is 11.4. The van der Waals surface area contributed by atoms with E-state index in [4.69, 9.17) is 13.9 Å². The first-order valence-corrected chi connectivity index (χ1v) is 14.0. The third kappa shape index (κ3) is 9.93. The van der Waals surface area contributed by atoms with E-state index in [0.29, 0.717) is 13.0 Å². The fourth-order valence-corrected chi connectivity index (χ4v) is 4.30. The Hall–Kier alpha value is -1.76. The summed E-state index contributed by atoms with van der Waals surface area (Å²) < 4.78 is 18.2. The number of benzene rings is 1. The Labute approximate surface area is 189 Å². The van der Waals surface area contributed by atoms with E-state index in [-0.39, 0.29) is 35.7 Å². The van der Waals surface area contributed by atoms with E-state index in [1.54, 1.807) is 0 Å². The summed E-state index contributed by atoms with van der Waals surface area (Å²) in [5, 5.41) is 0.0427. The molecule has 0 amide bonds. The van der Waals surface area contributed by atoms with E-state index >= 15 is 0 Å². The molecule has 0 unspecified atom stereocenters. The highest BCUT2D eigenvalue weighted by atomic mass is 28.4. The highest BCUT2D eigenvalue weighted by Crippen LogP contribution is 2.39. The molecule has 1 rings (SSSR count). The van der Waals surface area contributed by atoms with Crippen LogP contribution in [0.1, 0.15) is 53.0 Å². The van der Waals surface area contributed by atoms with Crippen molar-refractivity contribution in [2.45, 2.75) is 84.4 Å². The zero-order chi connectivity index (χ0) is 23.5. The average Bonchev–Trinajstić information content (AvgIpc) is 2.69. The largest absolute Gasteiger partial charge is 0.462 e. The quantitative estimate of drug-likeness (QED) is 0.168. The predicted molar refractivity (Wildman–Crippen MR) is 127 cm³/mol. The molecule has 0 aliphatic heterocycles. The molecule has 0 spiro atoms. The van der Waals surface area contributed by atoms with Crippen molar-refractivity contribution < 1.29 is 23.5 Å². The number of ether oxygens (including phenoxy) is 2. The van der Waals surface area contributed by atoms with Crippen LogP contribution in [0.15, 0.2) is 42.5 Å². The van der Waals surface area contributed by atoms with E-state index in [0.717, 1.165) is 18.3 Å². The second kappa shape index (κ2) is 12.9. The number of hydrogen-bond acceptors (Lipinski definition) is 5. The first-order chi connectivity index (χ1) is 14.5. The first kappa shape index (κ1) is 27.3. The van der Waals surface area contributed by atoms with Gasteiger partial charge >= 0.3 is 5.97 Å². The molecule has 0 saturated carbocycles. The molecule has 0 saturated heterocycles. The van der Waals surface area contributed by atoms with Crippen LogP contribution in [0.5, 0.6) is 0 Å². The minimum atomic E-state index is -2.09. The lowest BCUT2D eigenvalue weighted by Gasteiger charge is -2.43. The maximum Gasteiger partial charge on any atom is 0.302 e. The number of rotatable bonds is 13. The van der Waals surface area contributed by atoms with Gasteiger partial charge in [0.15, 0.2) is 8.32 Å². The van der Waals surface area contributed by atoms with Gasteiger partial charge in [-0.2, -0.15) is 0 Å². The average molecular weight is 449 g/mol. The van der Waals surface area contributed by atoms with Crippen LogP contribution >= 0.6 is 0 Å². The molecular weight excluding hydrogens is 408 g/mol. The summed E-state index contributed by atoms with van der Waals surface area (Å²) in [7, 11) is -2.09. The smallest absolute Gasteiger partial charge is 0.302 e. The molecule has 3 atom stereocenters. The summed E-state index contributed by atoms with van der Waals surface area (Å²) in [6, 6.07) is 10.0. The number of esters is 1. The van der Waals surface area contributed by atoms with Crippen LogP contribution in [0, 0.1) is 5.92 Å². The lowest BCUT2D eigenvalue weighted by molar-refractivity contribution is -0.139. The number of carbonyl (C=O) groups excluding carboxylic acids is 2. The molecule has 0 aliphatic carbocycles. The van der Waals surface area contributed by atoms with Crippen molar-refractivity contribution in [3.63, 3.8) is 0 Å². The Morgan fingerprint density at radius 3 is 2.35 bits per heavy atom. The van der Waals surface area contributed by atoms with Gasteiger partial charge in [-0.15, -0.1) is 0 Å². The van der Waals surface area contributed by atoms with Gasteiger partial charge in [0.05, 0.1) is 12.7 Å². The number of aldehydes is 1. The molecule has 0 aliphatic rings. The first-order valence-electron chi connectivity index (χ1n) is 11.0. The molecule has 6 heteroatoms. The highest BCUT2D eigenvalue weighted by Gasteiger charge is 2.42. The molecule has 0 radical (unpaired) electrons. The summed E-state index contributed by atoms with van der Waals surface area (Å²) in [5.74, 6) is -0.196. The SMILES string of the molecule is CC(=O)OC/C=C/[C@@H](OCc1ccccc1)[C@H](O[Si](C)(C)C(C)(C)C)[C@H](C)CCC=O. The third-order valence-electron chi connectivity index (χ3n) is 5.86. The maximum atomic E-state index is 11.1. The minimum absolute atomic E-state index is 0.0427. The summed E-state index contributed by atoms with van der Waals surface area (Å²) >= 11 is 0. The molecule has 0 aromatic heterocycles. The van der Waals surface area contributed by atoms with E-state index in [2.05, 4.69) is 40.8 Å². The summed E-state index contributed by atoms with van der Waals surface area (Å²) in [5.41, 5.74) is 1.08. The van der Waals surface area contributed by atoms with Crippen molar-refractivity contribution in [3.05, 3.63) is 48.0 Å². The minimum Gasteiger partial charge on any atom is -0.462 e. The third-order valence-corrected chi connectivity index (χ3v) is 10.3. The Morgan fingerprint density at radius 1 is 1.16 bits per heavy atom. The molecule has 0 fully saturated rings. The van der Waals surface area contributed by atoms with Gasteiger partial charge in [0.1, 0.15) is 19.0 Å². The maximum absolute atomic E-state index is 11.1. The molecule has 5 nitrogen and oxygen atoms in total. The molecule has 174 valence electrons. The summed E-state index contributed by atoms with van der Waals surface area (Å²) in [6.45, 7) is 15.2. The van der Waals surface area contributed by atoms with Crippen LogP contribution < -0.4 is 0 Å². The van der Waals surface area contributed by atoms with E-state index in [9.17, 15) is 9.59 Å². The van der Waals surface area contributed by atoms with E-state index in [1.807, 2.05) is 42.5 Å². The fraction of sp³-hybridized carbons (Fsp3) is 0.600. The number of carbonyl (C=O) groups is 2. The molecule has 1 aromatic rings. The Bertz CT molecular complexity index is 694. The van der Waals surface area contributed by atoms with Crippen molar-refractivity contribution in [2.24, 2.45) is 5.92 Å². The Balaban J connectivity index is 3.15. The van der Waals surface area contributed by atoms with Gasteiger partial charge in [-0.05, 0) is 42.1 Å². The van der Waals surface area contributed by atoms with Gasteiger partial charge in [0.2, 0.25) is 0 Å². The molecular formula is C25H40O5Si. The van der Waals surface area contributed by atoms with Gasteiger partial charge in [-0.25, -0.2) is 0 Å². The van der Waals surface area contributed by atoms with Crippen LogP contribution in [0.25, 0.3) is 0 Å². The second-order valence-electron chi connectivity index (χ2n) is 9.56. The zero-order valence-corrected chi connectivity index (χ0v) is 21.2. The van der Waals surface area contributed by atoms with Gasteiger partial charge in [0.25, 0.3) is 0 Å². The molecule has 0 N–H and O–H groups in total. The fourth-order valence-electron chi connectivity index (χ4n) is 2.90. The summed E-state index contributed by atoms with van der Waals surface area (Å²) in [6.07, 6.45) is 5.38. The van der Waals surface area contributed by atoms with E-state index in [1.165, 1.54) is 6.92 Å². The summed E-state index contributed by atoms with van der Waals surface area (Å²) in [4.78, 5) is 22.1. The predicted octanol–water partition coefficient (Wildman–Crippen LogP) is 5.70. The van der Waals surface area contributed by atoms with Crippen LogP contribution in [0.4, 0.5) is 0 Å². The van der Waals surface area contributed by atoms with Crippen LogP contribution in [0.2, 0.25) is 18.1 Å². The lowest BCUT2D eigenvalue weighted by Crippen LogP contribution is -2.49. The van der Waals surface area contributed by atoms with Crippen molar-refractivity contribution >= 4 is 20.6 Å². The zero-order valence-electron chi connectivity index (χ0n) is 20.2. The molecule has 1 aromatic carbocycles. The van der Waals surface area contributed by atoms with Crippen LogP contribution in [0.3, 0.4) is 0 Å².